The summed E-state index contributed by atoms with van der Waals surface area (Å²) in [6, 6.07) is 14.0. The minimum absolute atomic E-state index is 0.165. The van der Waals surface area contributed by atoms with Crippen LogP contribution in [0.1, 0.15) is 30.9 Å². The zero-order valence-corrected chi connectivity index (χ0v) is 17.5. The van der Waals surface area contributed by atoms with Crippen molar-refractivity contribution >= 4 is 21.8 Å². The zero-order valence-electron chi connectivity index (χ0n) is 15.9. The molecule has 0 aromatic heterocycles. The van der Waals surface area contributed by atoms with Crippen LogP contribution in [0.25, 0.3) is 0 Å². The molecule has 0 radical (unpaired) electrons. The van der Waals surface area contributed by atoms with E-state index in [9.17, 15) is 4.79 Å². The summed E-state index contributed by atoms with van der Waals surface area (Å²) in [4.78, 5) is 15.7. The quantitative estimate of drug-likeness (QED) is 0.688. The van der Waals surface area contributed by atoms with E-state index in [1.165, 1.54) is 0 Å². The smallest absolute Gasteiger partial charge is 0.233 e. The first-order chi connectivity index (χ1) is 13.6. The average molecular weight is 446 g/mol. The number of hydrogen-bond acceptors (Lipinski definition) is 4. The van der Waals surface area contributed by atoms with Crippen molar-refractivity contribution in [3.8, 4) is 11.5 Å². The van der Waals surface area contributed by atoms with Gasteiger partial charge in [0.05, 0.1) is 5.41 Å². The van der Waals surface area contributed by atoms with Crippen molar-refractivity contribution in [1.82, 2.24) is 4.90 Å². The first kappa shape index (κ1) is 19.3. The van der Waals surface area contributed by atoms with Gasteiger partial charge in [0, 0.05) is 30.8 Å². The number of carbonyl (C=O) groups excluding carboxylic acids is 1. The van der Waals surface area contributed by atoms with Gasteiger partial charge >= 0.3 is 0 Å². The van der Waals surface area contributed by atoms with Gasteiger partial charge in [0.1, 0.15) is 0 Å². The molecule has 2 aromatic rings. The predicted molar refractivity (Wildman–Crippen MR) is 110 cm³/mol. The van der Waals surface area contributed by atoms with Gasteiger partial charge in [-0.3, -0.25) is 4.79 Å². The van der Waals surface area contributed by atoms with E-state index < -0.39 is 5.41 Å². The van der Waals surface area contributed by atoms with Crippen LogP contribution in [0, 0.1) is 0 Å². The molecule has 1 amide bonds. The van der Waals surface area contributed by atoms with E-state index in [0.717, 1.165) is 27.1 Å². The maximum absolute atomic E-state index is 13.8. The van der Waals surface area contributed by atoms with Crippen LogP contribution in [0.5, 0.6) is 11.5 Å². The summed E-state index contributed by atoms with van der Waals surface area (Å²) in [5.74, 6) is 1.67. The first-order valence-electron chi connectivity index (χ1n) is 9.64. The fourth-order valence-electron chi connectivity index (χ4n) is 4.00. The maximum Gasteiger partial charge on any atom is 0.233 e. The Hall–Kier alpha value is -2.05. The lowest BCUT2D eigenvalue weighted by molar-refractivity contribution is -0.141. The number of rotatable bonds is 5. The predicted octanol–water partition coefficient (Wildman–Crippen LogP) is 4.27. The highest BCUT2D eigenvalue weighted by atomic mass is 79.9. The van der Waals surface area contributed by atoms with Gasteiger partial charge in [-0.15, -0.1) is 0 Å². The Kier molecular flexibility index (Phi) is 5.60. The van der Waals surface area contributed by atoms with Crippen molar-refractivity contribution in [2.45, 2.75) is 31.7 Å². The van der Waals surface area contributed by atoms with Crippen LogP contribution in [0.2, 0.25) is 0 Å². The first-order valence-corrected chi connectivity index (χ1v) is 10.4. The third kappa shape index (κ3) is 3.63. The Morgan fingerprint density at radius 1 is 1.07 bits per heavy atom. The molecule has 0 N–H and O–H groups in total. The van der Waals surface area contributed by atoms with E-state index in [1.54, 1.807) is 0 Å². The Morgan fingerprint density at radius 2 is 1.79 bits per heavy atom. The summed E-state index contributed by atoms with van der Waals surface area (Å²) in [5, 5.41) is 0. The van der Waals surface area contributed by atoms with Crippen LogP contribution in [0.3, 0.4) is 0 Å². The van der Waals surface area contributed by atoms with Crippen molar-refractivity contribution < 1.29 is 19.0 Å². The van der Waals surface area contributed by atoms with Gasteiger partial charge in [0.2, 0.25) is 12.7 Å². The average Bonchev–Trinajstić information content (AvgIpc) is 3.20. The van der Waals surface area contributed by atoms with Gasteiger partial charge in [-0.1, -0.05) is 34.1 Å². The Balaban J connectivity index is 1.61. The van der Waals surface area contributed by atoms with Crippen LogP contribution in [0.4, 0.5) is 0 Å². The number of halogens is 1. The van der Waals surface area contributed by atoms with Crippen LogP contribution in [-0.2, 0) is 21.5 Å². The van der Waals surface area contributed by atoms with Crippen LogP contribution in [-0.4, -0.2) is 37.4 Å². The van der Waals surface area contributed by atoms with Crippen molar-refractivity contribution in [3.63, 3.8) is 0 Å². The highest BCUT2D eigenvalue weighted by molar-refractivity contribution is 9.10. The van der Waals surface area contributed by atoms with Crippen LogP contribution < -0.4 is 9.47 Å². The Bertz CT molecular complexity index is 846. The molecule has 28 heavy (non-hydrogen) atoms. The van der Waals surface area contributed by atoms with E-state index in [0.29, 0.717) is 39.1 Å². The summed E-state index contributed by atoms with van der Waals surface area (Å²) >= 11 is 3.49. The second kappa shape index (κ2) is 8.13. The van der Waals surface area contributed by atoms with Gasteiger partial charge in [-0.05, 0) is 55.2 Å². The number of benzene rings is 2. The summed E-state index contributed by atoms with van der Waals surface area (Å²) in [5.41, 5.74) is 1.57. The molecule has 0 spiro atoms. The number of ether oxygens (including phenoxy) is 3. The molecular formula is C22H24BrNO4. The summed E-state index contributed by atoms with van der Waals surface area (Å²) < 4.78 is 17.5. The van der Waals surface area contributed by atoms with Gasteiger partial charge in [0.15, 0.2) is 11.5 Å². The fraction of sp³-hybridized carbons (Fsp3) is 0.409. The molecule has 1 fully saturated rings. The Morgan fingerprint density at radius 3 is 2.50 bits per heavy atom. The third-order valence-electron chi connectivity index (χ3n) is 5.63. The number of nitrogens with zero attached hydrogens (tertiary/aromatic N) is 1. The molecule has 0 atom stereocenters. The molecule has 148 valence electrons. The minimum Gasteiger partial charge on any atom is -0.454 e. The van der Waals surface area contributed by atoms with E-state index in [1.807, 2.05) is 42.2 Å². The molecule has 6 heteroatoms. The molecule has 2 heterocycles. The largest absolute Gasteiger partial charge is 0.454 e. The monoisotopic (exact) mass is 445 g/mol. The molecule has 2 aliphatic heterocycles. The number of hydrogen-bond donors (Lipinski definition) is 0. The Labute approximate surface area is 173 Å². The second-order valence-electron chi connectivity index (χ2n) is 7.21. The molecule has 5 nitrogen and oxygen atoms in total. The van der Waals surface area contributed by atoms with Crippen LogP contribution >= 0.6 is 15.9 Å². The highest BCUT2D eigenvalue weighted by Crippen LogP contribution is 2.38. The van der Waals surface area contributed by atoms with Crippen molar-refractivity contribution in [1.29, 1.82) is 0 Å². The minimum atomic E-state index is -0.536. The lowest BCUT2D eigenvalue weighted by Crippen LogP contribution is -2.49. The lowest BCUT2D eigenvalue weighted by Gasteiger charge is -2.40. The van der Waals surface area contributed by atoms with Crippen molar-refractivity contribution in [2.75, 3.05) is 26.6 Å². The number of amides is 1. The number of fused-ring (bicyclic) bond motifs is 1. The number of carbonyl (C=O) groups is 1. The van der Waals surface area contributed by atoms with E-state index in [4.69, 9.17) is 14.2 Å². The van der Waals surface area contributed by atoms with E-state index in [2.05, 4.69) is 28.1 Å². The third-order valence-corrected chi connectivity index (χ3v) is 6.16. The van der Waals surface area contributed by atoms with Crippen molar-refractivity contribution in [3.05, 3.63) is 58.1 Å². The summed E-state index contributed by atoms with van der Waals surface area (Å²) in [6.45, 7) is 4.67. The molecule has 1 saturated heterocycles. The highest BCUT2D eigenvalue weighted by Gasteiger charge is 2.43. The molecule has 0 saturated carbocycles. The summed E-state index contributed by atoms with van der Waals surface area (Å²) in [6.07, 6.45) is 1.40. The van der Waals surface area contributed by atoms with Gasteiger partial charge in [0.25, 0.3) is 0 Å². The zero-order chi connectivity index (χ0) is 19.6. The topological polar surface area (TPSA) is 48.0 Å². The summed E-state index contributed by atoms with van der Waals surface area (Å²) in [7, 11) is 0. The number of likely N-dealkylation sites (N-methyl/N-ethyl adjacent to an activating group) is 1. The van der Waals surface area contributed by atoms with Crippen LogP contribution in [0.15, 0.2) is 46.9 Å². The van der Waals surface area contributed by atoms with Crippen molar-refractivity contribution in [2.24, 2.45) is 0 Å². The van der Waals surface area contributed by atoms with Gasteiger partial charge < -0.3 is 19.1 Å². The molecule has 0 aliphatic carbocycles. The fourth-order valence-corrected chi connectivity index (χ4v) is 4.27. The molecular weight excluding hydrogens is 422 g/mol. The van der Waals surface area contributed by atoms with Gasteiger partial charge in [-0.2, -0.15) is 0 Å². The molecule has 2 aromatic carbocycles. The lowest BCUT2D eigenvalue weighted by atomic mass is 9.73. The molecule has 2 aliphatic rings. The molecule has 0 bridgehead atoms. The molecule has 0 unspecified atom stereocenters. The van der Waals surface area contributed by atoms with E-state index >= 15 is 0 Å². The van der Waals surface area contributed by atoms with E-state index in [-0.39, 0.29) is 12.7 Å². The maximum atomic E-state index is 13.8. The SMILES string of the molecule is CCN(Cc1ccc2c(c1)OCO2)C(=O)C1(c2ccc(Br)cc2)CCOCC1. The second-order valence-corrected chi connectivity index (χ2v) is 8.12. The standard InChI is InChI=1S/C22H24BrNO4/c1-2-24(14-16-3-8-19-20(13-16)28-15-27-19)21(25)22(9-11-26-12-10-22)17-4-6-18(23)7-5-17/h3-8,13H,2,9-12,14-15H2,1H3. The molecule has 4 rings (SSSR count). The normalized spacial score (nSPS) is 17.4. The van der Waals surface area contributed by atoms with Gasteiger partial charge in [-0.25, -0.2) is 0 Å².